The Bertz CT molecular complexity index is 1150. The molecule has 2 aromatic carbocycles. The minimum atomic E-state index is -3.46. The number of halogens is 2. The van der Waals surface area contributed by atoms with E-state index >= 15 is 0 Å². The molecule has 6 nitrogen and oxygen atoms in total. The number of ketones is 1. The molecule has 182 valence electrons. The van der Waals surface area contributed by atoms with Gasteiger partial charge in [-0.3, -0.25) is 9.59 Å². The van der Waals surface area contributed by atoms with Crippen molar-refractivity contribution in [2.45, 2.75) is 43.4 Å². The van der Waals surface area contributed by atoms with Gasteiger partial charge in [-0.15, -0.1) is 0 Å². The lowest BCUT2D eigenvalue weighted by Crippen LogP contribution is -2.40. The minimum Gasteiger partial charge on any atom is -0.343 e. The van der Waals surface area contributed by atoms with Crippen LogP contribution in [0.3, 0.4) is 0 Å². The summed E-state index contributed by atoms with van der Waals surface area (Å²) >= 11 is 0. The van der Waals surface area contributed by atoms with Gasteiger partial charge < -0.3 is 4.90 Å². The molecule has 2 aromatic rings. The maximum Gasteiger partial charge on any atom is 0.243 e. The van der Waals surface area contributed by atoms with Crippen LogP contribution in [0.2, 0.25) is 0 Å². The minimum absolute atomic E-state index is 0.0448. The Morgan fingerprint density at radius 1 is 0.912 bits per heavy atom. The second-order valence-electron chi connectivity index (χ2n) is 8.90. The van der Waals surface area contributed by atoms with Crippen molar-refractivity contribution in [3.63, 3.8) is 0 Å². The van der Waals surface area contributed by atoms with Gasteiger partial charge in [0.05, 0.1) is 10.5 Å². The number of hydrogen-bond donors (Lipinski definition) is 0. The van der Waals surface area contributed by atoms with E-state index in [1.54, 1.807) is 29.2 Å². The molecule has 1 amide bonds. The van der Waals surface area contributed by atoms with Crippen LogP contribution in [0.5, 0.6) is 0 Å². The van der Waals surface area contributed by atoms with Gasteiger partial charge in [-0.05, 0) is 68.0 Å². The lowest BCUT2D eigenvalue weighted by Gasteiger charge is -2.31. The molecule has 0 saturated carbocycles. The predicted molar refractivity (Wildman–Crippen MR) is 123 cm³/mol. The summed E-state index contributed by atoms with van der Waals surface area (Å²) in [5.41, 5.74) is 0.639. The Morgan fingerprint density at radius 2 is 1.56 bits per heavy atom. The van der Waals surface area contributed by atoms with Gasteiger partial charge in [0.1, 0.15) is 11.6 Å². The third-order valence-corrected chi connectivity index (χ3v) is 8.58. The fourth-order valence-corrected chi connectivity index (χ4v) is 6.13. The third-order valence-electron chi connectivity index (χ3n) is 6.67. The summed E-state index contributed by atoms with van der Waals surface area (Å²) < 4.78 is 54.1. The molecule has 0 radical (unpaired) electrons. The SMILES string of the molecule is O=C(c1cc(F)ccc1F)C1CCN(C(=O)CCc2ccc(S(=O)(=O)N3CCCC3)cc2)CC1. The quantitative estimate of drug-likeness (QED) is 0.554. The number of sulfonamides is 1. The van der Waals surface area contributed by atoms with Crippen molar-refractivity contribution in [2.75, 3.05) is 26.2 Å². The maximum absolute atomic E-state index is 13.9. The molecule has 0 bridgehead atoms. The number of Topliss-reactive ketones (excluding diaryl/α,β-unsaturated/α-hetero) is 1. The first-order valence-corrected chi connectivity index (χ1v) is 13.1. The highest BCUT2D eigenvalue weighted by atomic mass is 32.2. The summed E-state index contributed by atoms with van der Waals surface area (Å²) in [6, 6.07) is 9.54. The molecule has 34 heavy (non-hydrogen) atoms. The fourth-order valence-electron chi connectivity index (χ4n) is 4.61. The average Bonchev–Trinajstić information content (AvgIpc) is 3.40. The van der Waals surface area contributed by atoms with Crippen LogP contribution in [0, 0.1) is 17.6 Å². The molecule has 0 unspecified atom stereocenters. The van der Waals surface area contributed by atoms with E-state index in [0.29, 0.717) is 45.4 Å². The van der Waals surface area contributed by atoms with Crippen molar-refractivity contribution < 1.29 is 26.8 Å². The normalized spacial score (nSPS) is 17.8. The largest absolute Gasteiger partial charge is 0.343 e. The Balaban J connectivity index is 1.27. The van der Waals surface area contributed by atoms with Crippen molar-refractivity contribution in [3.8, 4) is 0 Å². The number of piperidine rings is 1. The van der Waals surface area contributed by atoms with Crippen LogP contribution in [0.15, 0.2) is 47.4 Å². The molecular formula is C25H28F2N2O4S. The van der Waals surface area contributed by atoms with Gasteiger partial charge in [0.25, 0.3) is 0 Å². The second-order valence-corrected chi connectivity index (χ2v) is 10.8. The molecule has 9 heteroatoms. The maximum atomic E-state index is 13.9. The van der Waals surface area contributed by atoms with Gasteiger partial charge >= 0.3 is 0 Å². The van der Waals surface area contributed by atoms with Crippen LogP contribution in [0.1, 0.15) is 48.0 Å². The molecule has 2 fully saturated rings. The van der Waals surface area contributed by atoms with Gasteiger partial charge in [0, 0.05) is 38.5 Å². The van der Waals surface area contributed by atoms with Crippen LogP contribution < -0.4 is 0 Å². The number of carbonyl (C=O) groups excluding carboxylic acids is 2. The Labute approximate surface area is 198 Å². The molecule has 0 aromatic heterocycles. The van der Waals surface area contributed by atoms with Gasteiger partial charge in [0.15, 0.2) is 5.78 Å². The zero-order valence-corrected chi connectivity index (χ0v) is 19.7. The summed E-state index contributed by atoms with van der Waals surface area (Å²) in [7, 11) is -3.46. The van der Waals surface area contributed by atoms with Crippen LogP contribution in [0.25, 0.3) is 0 Å². The van der Waals surface area contributed by atoms with Gasteiger partial charge in [-0.25, -0.2) is 17.2 Å². The van der Waals surface area contributed by atoms with Crippen molar-refractivity contribution in [1.29, 1.82) is 0 Å². The Morgan fingerprint density at radius 3 is 2.21 bits per heavy atom. The highest BCUT2D eigenvalue weighted by molar-refractivity contribution is 7.89. The summed E-state index contributed by atoms with van der Waals surface area (Å²) in [4.78, 5) is 27.2. The topological polar surface area (TPSA) is 74.8 Å². The van der Waals surface area contributed by atoms with Gasteiger partial charge in [-0.1, -0.05) is 12.1 Å². The lowest BCUT2D eigenvalue weighted by atomic mass is 9.88. The number of carbonyl (C=O) groups is 2. The van der Waals surface area contributed by atoms with Crippen LogP contribution in [-0.4, -0.2) is 55.5 Å². The summed E-state index contributed by atoms with van der Waals surface area (Å²) in [5, 5.41) is 0. The number of nitrogens with zero attached hydrogens (tertiary/aromatic N) is 2. The van der Waals surface area contributed by atoms with E-state index in [9.17, 15) is 26.8 Å². The zero-order chi connectivity index (χ0) is 24.3. The number of amides is 1. The first-order valence-electron chi connectivity index (χ1n) is 11.6. The highest BCUT2D eigenvalue weighted by Crippen LogP contribution is 2.25. The zero-order valence-electron chi connectivity index (χ0n) is 18.9. The van der Waals surface area contributed by atoms with E-state index < -0.39 is 33.4 Å². The first kappa shape index (κ1) is 24.5. The Hall–Kier alpha value is -2.65. The van der Waals surface area contributed by atoms with E-state index in [4.69, 9.17) is 0 Å². The fraction of sp³-hybridized carbons (Fsp3) is 0.440. The number of aryl methyl sites for hydroxylation is 1. The highest BCUT2D eigenvalue weighted by Gasteiger charge is 2.30. The van der Waals surface area contributed by atoms with E-state index in [1.165, 1.54) is 4.31 Å². The lowest BCUT2D eigenvalue weighted by molar-refractivity contribution is -0.132. The first-order chi connectivity index (χ1) is 16.3. The molecule has 2 aliphatic heterocycles. The monoisotopic (exact) mass is 490 g/mol. The molecule has 0 spiro atoms. The number of rotatable bonds is 7. The average molecular weight is 491 g/mol. The van der Waals surface area contributed by atoms with Crippen LogP contribution in [-0.2, 0) is 21.2 Å². The molecule has 0 atom stereocenters. The molecule has 0 aliphatic carbocycles. The summed E-state index contributed by atoms with van der Waals surface area (Å²) in [6.07, 6.45) is 3.33. The van der Waals surface area contributed by atoms with E-state index in [-0.39, 0.29) is 22.8 Å². The Kier molecular flexibility index (Phi) is 7.42. The molecule has 4 rings (SSSR count). The van der Waals surface area contributed by atoms with Crippen LogP contribution >= 0.6 is 0 Å². The van der Waals surface area contributed by atoms with Crippen molar-refractivity contribution in [3.05, 3.63) is 65.2 Å². The number of benzene rings is 2. The molecular weight excluding hydrogens is 462 g/mol. The standard InChI is InChI=1S/C25H28F2N2O4S/c26-20-6-9-23(27)22(17-20)25(31)19-11-15-28(16-12-19)24(30)10-5-18-3-7-21(8-4-18)34(32,33)29-13-1-2-14-29/h3-4,6-9,17,19H,1-2,5,10-16H2. The van der Waals surface area contributed by atoms with Crippen molar-refractivity contribution in [2.24, 2.45) is 5.92 Å². The molecule has 2 aliphatic rings. The van der Waals surface area contributed by atoms with E-state index in [2.05, 4.69) is 0 Å². The predicted octanol–water partition coefficient (Wildman–Crippen LogP) is 3.80. The van der Waals surface area contributed by atoms with Gasteiger partial charge in [-0.2, -0.15) is 4.31 Å². The molecule has 0 N–H and O–H groups in total. The summed E-state index contributed by atoms with van der Waals surface area (Å²) in [6.45, 7) is 1.88. The van der Waals surface area contributed by atoms with E-state index in [0.717, 1.165) is 36.6 Å². The smallest absolute Gasteiger partial charge is 0.243 e. The number of likely N-dealkylation sites (tertiary alicyclic amines) is 1. The van der Waals surface area contributed by atoms with E-state index in [1.807, 2.05) is 0 Å². The van der Waals surface area contributed by atoms with Crippen molar-refractivity contribution >= 4 is 21.7 Å². The second kappa shape index (κ2) is 10.3. The van der Waals surface area contributed by atoms with Crippen molar-refractivity contribution in [1.82, 2.24) is 9.21 Å². The molecule has 2 heterocycles. The third kappa shape index (κ3) is 5.36. The van der Waals surface area contributed by atoms with Gasteiger partial charge in [0.2, 0.25) is 15.9 Å². The molecule has 2 saturated heterocycles. The number of hydrogen-bond acceptors (Lipinski definition) is 4. The van der Waals surface area contributed by atoms with Crippen LogP contribution in [0.4, 0.5) is 8.78 Å². The summed E-state index contributed by atoms with van der Waals surface area (Å²) in [5.74, 6) is -2.29.